The molecule has 2 rings (SSSR count). The minimum absolute atomic E-state index is 0.0808. The zero-order valence-electron chi connectivity index (χ0n) is 14.2. The van der Waals surface area contributed by atoms with Gasteiger partial charge in [0, 0.05) is 12.2 Å². The van der Waals surface area contributed by atoms with Gasteiger partial charge in [-0.3, -0.25) is 9.59 Å². The van der Waals surface area contributed by atoms with E-state index in [2.05, 4.69) is 10.6 Å². The van der Waals surface area contributed by atoms with Crippen LogP contribution in [0.2, 0.25) is 0 Å². The Bertz CT molecular complexity index is 675. The van der Waals surface area contributed by atoms with Crippen molar-refractivity contribution in [3.05, 3.63) is 60.2 Å². The summed E-state index contributed by atoms with van der Waals surface area (Å²) in [7, 11) is 0. The molecule has 6 heteroatoms. The van der Waals surface area contributed by atoms with Crippen LogP contribution in [0.25, 0.3) is 0 Å². The van der Waals surface area contributed by atoms with Crippen LogP contribution < -0.4 is 15.4 Å². The average Bonchev–Trinajstić information content (AvgIpc) is 2.63. The summed E-state index contributed by atoms with van der Waals surface area (Å²) in [5, 5.41) is 5.63. The van der Waals surface area contributed by atoms with Crippen LogP contribution >= 0.6 is 11.8 Å². The number of thioether (sulfide) groups is 1. The summed E-state index contributed by atoms with van der Waals surface area (Å²) in [6.07, 6.45) is 0. The second-order valence-electron chi connectivity index (χ2n) is 5.26. The number of hydrogen-bond acceptors (Lipinski definition) is 4. The van der Waals surface area contributed by atoms with Gasteiger partial charge in [0.25, 0.3) is 0 Å². The summed E-state index contributed by atoms with van der Waals surface area (Å²) in [5.41, 5.74) is 1.76. The molecule has 5 nitrogen and oxygen atoms in total. The molecule has 0 spiro atoms. The molecular formula is C19H22N2O3S. The zero-order valence-corrected chi connectivity index (χ0v) is 15.0. The molecule has 132 valence electrons. The van der Waals surface area contributed by atoms with E-state index in [1.807, 2.05) is 49.4 Å². The fourth-order valence-corrected chi connectivity index (χ4v) is 2.73. The first-order valence-corrected chi connectivity index (χ1v) is 9.24. The highest BCUT2D eigenvalue weighted by Crippen LogP contribution is 2.15. The molecule has 2 amide bonds. The van der Waals surface area contributed by atoms with Crippen LogP contribution in [0, 0.1) is 0 Å². The van der Waals surface area contributed by atoms with Gasteiger partial charge in [-0.1, -0.05) is 30.3 Å². The van der Waals surface area contributed by atoms with Gasteiger partial charge in [-0.05, 0) is 36.8 Å². The third-order valence-corrected chi connectivity index (χ3v) is 4.18. The minimum Gasteiger partial charge on any atom is -0.494 e. The summed E-state index contributed by atoms with van der Waals surface area (Å²) < 4.78 is 5.35. The van der Waals surface area contributed by atoms with Crippen molar-refractivity contribution in [2.75, 3.05) is 23.4 Å². The second kappa shape index (κ2) is 10.4. The van der Waals surface area contributed by atoms with Crippen LogP contribution in [0.3, 0.4) is 0 Å². The van der Waals surface area contributed by atoms with Gasteiger partial charge >= 0.3 is 0 Å². The maximum Gasteiger partial charge on any atom is 0.234 e. The number of nitrogens with one attached hydrogen (secondary N) is 2. The number of anilines is 1. The van der Waals surface area contributed by atoms with Crippen molar-refractivity contribution in [1.82, 2.24) is 5.32 Å². The largest absolute Gasteiger partial charge is 0.494 e. The van der Waals surface area contributed by atoms with Gasteiger partial charge < -0.3 is 15.4 Å². The Morgan fingerprint density at radius 2 is 1.64 bits per heavy atom. The first-order chi connectivity index (χ1) is 12.2. The van der Waals surface area contributed by atoms with E-state index >= 15 is 0 Å². The molecule has 0 atom stereocenters. The summed E-state index contributed by atoms with van der Waals surface area (Å²) in [6.45, 7) is 3.02. The molecule has 2 aromatic rings. The van der Waals surface area contributed by atoms with Crippen molar-refractivity contribution in [3.63, 3.8) is 0 Å². The molecule has 0 aliphatic carbocycles. The molecule has 0 unspecified atom stereocenters. The molecule has 0 heterocycles. The molecule has 0 fully saturated rings. The Balaban J connectivity index is 1.63. The topological polar surface area (TPSA) is 67.4 Å². The third-order valence-electron chi connectivity index (χ3n) is 3.25. The lowest BCUT2D eigenvalue weighted by Crippen LogP contribution is -2.25. The van der Waals surface area contributed by atoms with E-state index in [1.165, 1.54) is 11.8 Å². The van der Waals surface area contributed by atoms with Gasteiger partial charge in [-0.15, -0.1) is 11.8 Å². The normalized spacial score (nSPS) is 10.1. The minimum atomic E-state index is -0.134. The first kappa shape index (κ1) is 18.9. The summed E-state index contributed by atoms with van der Waals surface area (Å²) in [6, 6.07) is 16.9. The molecule has 0 saturated carbocycles. The molecule has 0 aromatic heterocycles. The SMILES string of the molecule is CCOc1ccc(NC(=O)CSCC(=O)NCc2ccccc2)cc1. The number of benzene rings is 2. The van der Waals surface area contributed by atoms with Crippen LogP contribution in [-0.4, -0.2) is 29.9 Å². The second-order valence-corrected chi connectivity index (χ2v) is 6.25. The van der Waals surface area contributed by atoms with Crippen molar-refractivity contribution >= 4 is 29.3 Å². The number of amides is 2. The molecule has 0 aliphatic heterocycles. The van der Waals surface area contributed by atoms with E-state index in [0.717, 1.165) is 11.3 Å². The van der Waals surface area contributed by atoms with E-state index in [1.54, 1.807) is 12.1 Å². The smallest absolute Gasteiger partial charge is 0.234 e. The van der Waals surface area contributed by atoms with Gasteiger partial charge in [0.15, 0.2) is 0 Å². The maximum absolute atomic E-state index is 11.9. The lowest BCUT2D eigenvalue weighted by molar-refractivity contribution is -0.118. The molecule has 0 saturated heterocycles. The number of rotatable bonds is 9. The van der Waals surface area contributed by atoms with E-state index in [9.17, 15) is 9.59 Å². The number of ether oxygens (including phenoxy) is 1. The predicted molar refractivity (Wildman–Crippen MR) is 102 cm³/mol. The van der Waals surface area contributed by atoms with Crippen molar-refractivity contribution < 1.29 is 14.3 Å². The number of carbonyl (C=O) groups is 2. The molecular weight excluding hydrogens is 336 g/mol. The van der Waals surface area contributed by atoms with E-state index in [-0.39, 0.29) is 23.3 Å². The van der Waals surface area contributed by atoms with Crippen LogP contribution in [-0.2, 0) is 16.1 Å². The van der Waals surface area contributed by atoms with Gasteiger partial charge in [0.2, 0.25) is 11.8 Å². The fraction of sp³-hybridized carbons (Fsp3) is 0.263. The van der Waals surface area contributed by atoms with E-state index < -0.39 is 0 Å². The lowest BCUT2D eigenvalue weighted by atomic mass is 10.2. The van der Waals surface area contributed by atoms with Gasteiger partial charge in [-0.25, -0.2) is 0 Å². The highest BCUT2D eigenvalue weighted by Gasteiger charge is 2.06. The highest BCUT2D eigenvalue weighted by atomic mass is 32.2. The van der Waals surface area contributed by atoms with Crippen molar-refractivity contribution in [1.29, 1.82) is 0 Å². The van der Waals surface area contributed by atoms with Crippen LogP contribution in [0.15, 0.2) is 54.6 Å². The Morgan fingerprint density at radius 3 is 2.32 bits per heavy atom. The number of carbonyl (C=O) groups excluding carboxylic acids is 2. The summed E-state index contributed by atoms with van der Waals surface area (Å²) in [4.78, 5) is 23.7. The van der Waals surface area contributed by atoms with Crippen molar-refractivity contribution in [3.8, 4) is 5.75 Å². The van der Waals surface area contributed by atoms with E-state index in [0.29, 0.717) is 18.8 Å². The van der Waals surface area contributed by atoms with Crippen LogP contribution in [0.1, 0.15) is 12.5 Å². The Labute approximate surface area is 152 Å². The molecule has 0 aliphatic rings. The summed E-state index contributed by atoms with van der Waals surface area (Å²) >= 11 is 1.29. The monoisotopic (exact) mass is 358 g/mol. The Hall–Kier alpha value is -2.47. The van der Waals surface area contributed by atoms with Crippen LogP contribution in [0.5, 0.6) is 5.75 Å². The van der Waals surface area contributed by atoms with Crippen LogP contribution in [0.4, 0.5) is 5.69 Å². The van der Waals surface area contributed by atoms with Gasteiger partial charge in [0.05, 0.1) is 18.1 Å². The lowest BCUT2D eigenvalue weighted by Gasteiger charge is -2.07. The van der Waals surface area contributed by atoms with Crippen molar-refractivity contribution in [2.24, 2.45) is 0 Å². The summed E-state index contributed by atoms with van der Waals surface area (Å²) in [5.74, 6) is 1.04. The fourth-order valence-electron chi connectivity index (χ4n) is 2.08. The predicted octanol–water partition coefficient (Wildman–Crippen LogP) is 3.07. The molecule has 25 heavy (non-hydrogen) atoms. The highest BCUT2D eigenvalue weighted by molar-refractivity contribution is 8.00. The van der Waals surface area contributed by atoms with E-state index in [4.69, 9.17) is 4.74 Å². The molecule has 2 N–H and O–H groups in total. The molecule has 0 bridgehead atoms. The molecule has 0 radical (unpaired) electrons. The van der Waals surface area contributed by atoms with Crippen molar-refractivity contribution in [2.45, 2.75) is 13.5 Å². The average molecular weight is 358 g/mol. The Kier molecular flexibility index (Phi) is 7.85. The van der Waals surface area contributed by atoms with Gasteiger partial charge in [0.1, 0.15) is 5.75 Å². The first-order valence-electron chi connectivity index (χ1n) is 8.08. The van der Waals surface area contributed by atoms with Gasteiger partial charge in [-0.2, -0.15) is 0 Å². The number of hydrogen-bond donors (Lipinski definition) is 2. The molecule has 2 aromatic carbocycles. The third kappa shape index (κ3) is 7.30. The Morgan fingerprint density at radius 1 is 0.960 bits per heavy atom. The quantitative estimate of drug-likeness (QED) is 0.723. The standard InChI is InChI=1S/C19H22N2O3S/c1-2-24-17-10-8-16(9-11-17)21-19(23)14-25-13-18(22)20-12-15-6-4-3-5-7-15/h3-11H,2,12-14H2,1H3,(H,20,22)(H,21,23). The maximum atomic E-state index is 11.9. The zero-order chi connectivity index (χ0) is 17.9.